The topological polar surface area (TPSA) is 46.1 Å². The molecule has 5 heteroatoms. The van der Waals surface area contributed by atoms with Gasteiger partial charge in [0.1, 0.15) is 5.01 Å². The Hall–Kier alpha value is -1.75. The molecule has 110 valence electrons. The highest BCUT2D eigenvalue weighted by molar-refractivity contribution is 7.13. The van der Waals surface area contributed by atoms with Gasteiger partial charge in [-0.3, -0.25) is 9.78 Å². The molecule has 4 nitrogen and oxygen atoms in total. The van der Waals surface area contributed by atoms with Gasteiger partial charge in [0, 0.05) is 42.8 Å². The quantitative estimate of drug-likeness (QED) is 0.871. The first-order valence-electron chi connectivity index (χ1n) is 7.45. The van der Waals surface area contributed by atoms with E-state index in [9.17, 15) is 4.79 Å². The smallest absolute Gasteiger partial charge is 0.222 e. The van der Waals surface area contributed by atoms with Crippen molar-refractivity contribution in [3.63, 3.8) is 0 Å². The summed E-state index contributed by atoms with van der Waals surface area (Å²) in [4.78, 5) is 22.9. The molecular weight excluding hydrogens is 282 g/mol. The normalized spacial score (nSPS) is 15.1. The van der Waals surface area contributed by atoms with Crippen LogP contribution in [-0.4, -0.2) is 33.9 Å². The average Bonchev–Trinajstić information content (AvgIpc) is 3.03. The van der Waals surface area contributed by atoms with Gasteiger partial charge in [0.15, 0.2) is 0 Å². The van der Waals surface area contributed by atoms with Gasteiger partial charge < -0.3 is 4.90 Å². The van der Waals surface area contributed by atoms with Gasteiger partial charge in [-0.25, -0.2) is 4.98 Å². The molecule has 0 aliphatic carbocycles. The highest BCUT2D eigenvalue weighted by Gasteiger charge is 2.16. The highest BCUT2D eigenvalue weighted by Crippen LogP contribution is 2.23. The van der Waals surface area contributed by atoms with E-state index in [1.54, 1.807) is 17.5 Å². The Balaban J connectivity index is 1.56. The lowest BCUT2D eigenvalue weighted by atomic mass is 10.1. The number of piperidine rings is 1. The van der Waals surface area contributed by atoms with E-state index in [0.717, 1.165) is 48.6 Å². The Labute approximate surface area is 128 Å². The van der Waals surface area contributed by atoms with Gasteiger partial charge in [-0.05, 0) is 37.8 Å². The summed E-state index contributed by atoms with van der Waals surface area (Å²) in [6.07, 6.45) is 8.42. The van der Waals surface area contributed by atoms with Crippen molar-refractivity contribution >= 4 is 17.2 Å². The third-order valence-corrected chi connectivity index (χ3v) is 4.70. The Morgan fingerprint density at radius 3 is 2.90 bits per heavy atom. The maximum atomic E-state index is 12.1. The van der Waals surface area contributed by atoms with E-state index < -0.39 is 0 Å². The minimum atomic E-state index is 0.269. The second-order valence-electron chi connectivity index (χ2n) is 5.33. The summed E-state index contributed by atoms with van der Waals surface area (Å²) >= 11 is 1.61. The van der Waals surface area contributed by atoms with Crippen LogP contribution in [0, 0.1) is 0 Å². The van der Waals surface area contributed by atoms with Crippen LogP contribution in [0.15, 0.2) is 29.9 Å². The van der Waals surface area contributed by atoms with Crippen molar-refractivity contribution < 1.29 is 4.79 Å². The molecule has 0 atom stereocenters. The van der Waals surface area contributed by atoms with Gasteiger partial charge in [-0.1, -0.05) is 0 Å². The number of amides is 1. The van der Waals surface area contributed by atoms with E-state index in [0.29, 0.717) is 6.42 Å². The van der Waals surface area contributed by atoms with E-state index in [-0.39, 0.29) is 5.91 Å². The maximum Gasteiger partial charge on any atom is 0.222 e. The third kappa shape index (κ3) is 3.67. The van der Waals surface area contributed by atoms with Crippen molar-refractivity contribution in [2.45, 2.75) is 32.1 Å². The Kier molecular flexibility index (Phi) is 4.60. The van der Waals surface area contributed by atoms with Crippen LogP contribution in [0.5, 0.6) is 0 Å². The lowest BCUT2D eigenvalue weighted by molar-refractivity contribution is -0.132. The molecule has 21 heavy (non-hydrogen) atoms. The van der Waals surface area contributed by atoms with Crippen molar-refractivity contribution in [3.05, 3.63) is 35.6 Å². The lowest BCUT2D eigenvalue weighted by Gasteiger charge is -2.26. The summed E-state index contributed by atoms with van der Waals surface area (Å²) in [5.74, 6) is 0.269. The monoisotopic (exact) mass is 301 g/mol. The summed E-state index contributed by atoms with van der Waals surface area (Å²) < 4.78 is 0. The van der Waals surface area contributed by atoms with E-state index >= 15 is 0 Å². The number of aromatic nitrogens is 2. The van der Waals surface area contributed by atoms with Crippen molar-refractivity contribution in [2.24, 2.45) is 0 Å². The molecule has 2 aromatic rings. The molecule has 1 aliphatic rings. The molecule has 0 bridgehead atoms. The molecule has 0 N–H and O–H groups in total. The molecule has 0 unspecified atom stereocenters. The van der Waals surface area contributed by atoms with Crippen molar-refractivity contribution in [1.82, 2.24) is 14.9 Å². The van der Waals surface area contributed by atoms with Crippen LogP contribution in [0.1, 0.15) is 31.4 Å². The lowest BCUT2D eigenvalue weighted by Crippen LogP contribution is -2.35. The number of nitrogens with zero attached hydrogens (tertiary/aromatic N) is 3. The van der Waals surface area contributed by atoms with E-state index in [4.69, 9.17) is 0 Å². The Morgan fingerprint density at radius 1 is 1.29 bits per heavy atom. The molecule has 3 heterocycles. The number of pyridine rings is 1. The van der Waals surface area contributed by atoms with E-state index in [1.807, 2.05) is 28.6 Å². The zero-order valence-electron chi connectivity index (χ0n) is 12.0. The molecule has 1 saturated heterocycles. The summed E-state index contributed by atoms with van der Waals surface area (Å²) in [7, 11) is 0. The van der Waals surface area contributed by atoms with Gasteiger partial charge in [0.2, 0.25) is 5.91 Å². The summed E-state index contributed by atoms with van der Waals surface area (Å²) in [5, 5.41) is 3.02. The number of rotatable bonds is 4. The van der Waals surface area contributed by atoms with Crippen LogP contribution in [0.2, 0.25) is 0 Å². The zero-order valence-corrected chi connectivity index (χ0v) is 12.8. The molecule has 2 aromatic heterocycles. The summed E-state index contributed by atoms with van der Waals surface area (Å²) in [6, 6.07) is 3.92. The first-order chi connectivity index (χ1) is 10.3. The molecule has 0 radical (unpaired) electrons. The van der Waals surface area contributed by atoms with Gasteiger partial charge in [0.25, 0.3) is 0 Å². The standard InChI is InChI=1S/C16H19N3OS/c20-15(19-9-2-1-3-10-19)7-6-14-12-21-16(18-14)13-5-4-8-17-11-13/h4-5,8,11-12H,1-3,6-7,9-10H2. The predicted molar refractivity (Wildman–Crippen MR) is 84.1 cm³/mol. The number of carbonyl (C=O) groups is 1. The third-order valence-electron chi connectivity index (χ3n) is 3.76. The largest absolute Gasteiger partial charge is 0.343 e. The predicted octanol–water partition coefficient (Wildman–Crippen LogP) is 3.15. The van der Waals surface area contributed by atoms with Crippen LogP contribution in [-0.2, 0) is 11.2 Å². The first kappa shape index (κ1) is 14.2. The number of hydrogen-bond donors (Lipinski definition) is 0. The molecule has 0 spiro atoms. The fourth-order valence-electron chi connectivity index (χ4n) is 2.58. The van der Waals surface area contributed by atoms with Crippen LogP contribution in [0.3, 0.4) is 0 Å². The Morgan fingerprint density at radius 2 is 2.14 bits per heavy atom. The number of carbonyl (C=O) groups excluding carboxylic acids is 1. The first-order valence-corrected chi connectivity index (χ1v) is 8.33. The van der Waals surface area contributed by atoms with Crippen LogP contribution < -0.4 is 0 Å². The second-order valence-corrected chi connectivity index (χ2v) is 6.19. The molecular formula is C16H19N3OS. The van der Waals surface area contributed by atoms with Crippen LogP contribution in [0.4, 0.5) is 0 Å². The second kappa shape index (κ2) is 6.80. The van der Waals surface area contributed by atoms with Gasteiger partial charge in [-0.2, -0.15) is 0 Å². The molecule has 3 rings (SSSR count). The molecule has 1 fully saturated rings. The number of aryl methyl sites for hydroxylation is 1. The van der Waals surface area contributed by atoms with Crippen molar-refractivity contribution in [1.29, 1.82) is 0 Å². The number of likely N-dealkylation sites (tertiary alicyclic amines) is 1. The van der Waals surface area contributed by atoms with Crippen LogP contribution >= 0.6 is 11.3 Å². The van der Waals surface area contributed by atoms with Crippen molar-refractivity contribution in [2.75, 3.05) is 13.1 Å². The average molecular weight is 301 g/mol. The zero-order chi connectivity index (χ0) is 14.5. The van der Waals surface area contributed by atoms with Gasteiger partial charge in [-0.15, -0.1) is 11.3 Å². The van der Waals surface area contributed by atoms with E-state index in [2.05, 4.69) is 9.97 Å². The summed E-state index contributed by atoms with van der Waals surface area (Å²) in [6.45, 7) is 1.85. The molecule has 1 amide bonds. The summed E-state index contributed by atoms with van der Waals surface area (Å²) in [5.41, 5.74) is 2.04. The molecule has 1 aliphatic heterocycles. The molecule has 0 saturated carbocycles. The van der Waals surface area contributed by atoms with Gasteiger partial charge >= 0.3 is 0 Å². The minimum absolute atomic E-state index is 0.269. The fourth-order valence-corrected chi connectivity index (χ4v) is 3.43. The fraction of sp³-hybridized carbons (Fsp3) is 0.438. The number of thiazole rings is 1. The van der Waals surface area contributed by atoms with E-state index in [1.165, 1.54) is 6.42 Å². The van der Waals surface area contributed by atoms with Crippen molar-refractivity contribution in [3.8, 4) is 10.6 Å². The number of hydrogen-bond acceptors (Lipinski definition) is 4. The Bertz CT molecular complexity index is 591. The van der Waals surface area contributed by atoms with Crippen LogP contribution in [0.25, 0.3) is 10.6 Å². The van der Waals surface area contributed by atoms with Gasteiger partial charge in [0.05, 0.1) is 5.69 Å². The molecule has 0 aromatic carbocycles. The minimum Gasteiger partial charge on any atom is -0.343 e. The maximum absolute atomic E-state index is 12.1. The highest BCUT2D eigenvalue weighted by atomic mass is 32.1. The SMILES string of the molecule is O=C(CCc1csc(-c2cccnc2)n1)N1CCCCC1.